The van der Waals surface area contributed by atoms with Crippen LogP contribution < -0.4 is 50.4 Å². The monoisotopic (exact) mass is 589 g/mol. The maximum Gasteiger partial charge on any atom is 0.326 e. The molecule has 4 unspecified atom stereocenters. The Morgan fingerprint density at radius 3 is 1.68 bits per heavy atom. The molecule has 0 radical (unpaired) electrons. The van der Waals surface area contributed by atoms with E-state index in [0.29, 0.717) is 44.4 Å². The van der Waals surface area contributed by atoms with Gasteiger partial charge in [0.1, 0.15) is 18.1 Å². The van der Waals surface area contributed by atoms with Crippen LogP contribution in [0.1, 0.15) is 51.4 Å². The third-order valence-corrected chi connectivity index (χ3v) is 6.33. The molecule has 3 amide bonds. The van der Waals surface area contributed by atoms with Gasteiger partial charge in [0.05, 0.1) is 6.04 Å². The number of unbranched alkanes of at least 4 members (excludes halogenated alkanes) is 1. The van der Waals surface area contributed by atoms with Gasteiger partial charge in [0.25, 0.3) is 0 Å². The number of nitrogens with two attached hydrogens (primary N) is 6. The van der Waals surface area contributed by atoms with E-state index in [0.717, 1.165) is 0 Å². The fourth-order valence-corrected chi connectivity index (χ4v) is 3.97. The highest BCUT2D eigenvalue weighted by molar-refractivity contribution is 7.98. The van der Waals surface area contributed by atoms with Crippen LogP contribution in [0.15, 0.2) is 9.98 Å². The highest BCUT2D eigenvalue weighted by atomic mass is 32.2. The van der Waals surface area contributed by atoms with Gasteiger partial charge < -0.3 is 55.5 Å². The zero-order valence-corrected chi connectivity index (χ0v) is 24.0. The first kappa shape index (κ1) is 36.7. The van der Waals surface area contributed by atoms with Crippen molar-refractivity contribution in [2.45, 2.75) is 75.5 Å². The van der Waals surface area contributed by atoms with Crippen LogP contribution in [0, 0.1) is 0 Å². The Balaban J connectivity index is 5.53. The number of aliphatic carboxylic acids is 1. The van der Waals surface area contributed by atoms with Crippen LogP contribution in [-0.4, -0.2) is 96.5 Å². The lowest BCUT2D eigenvalue weighted by molar-refractivity contribution is -0.142. The van der Waals surface area contributed by atoms with E-state index in [1.54, 1.807) is 0 Å². The van der Waals surface area contributed by atoms with Gasteiger partial charge in [0, 0.05) is 13.1 Å². The number of hydrogen-bond acceptors (Lipinski definition) is 9. The number of aliphatic imine (C=N–C) groups is 2. The van der Waals surface area contributed by atoms with Crippen LogP contribution >= 0.6 is 11.8 Å². The van der Waals surface area contributed by atoms with Crippen molar-refractivity contribution in [2.24, 2.45) is 44.4 Å². The summed E-state index contributed by atoms with van der Waals surface area (Å²) >= 11 is 1.45. The Kier molecular flexibility index (Phi) is 19.7. The molecule has 0 bridgehead atoms. The third kappa shape index (κ3) is 17.3. The van der Waals surface area contributed by atoms with Crippen molar-refractivity contribution in [3.8, 4) is 0 Å². The van der Waals surface area contributed by atoms with Crippen LogP contribution in [0.5, 0.6) is 0 Å². The first-order valence-corrected chi connectivity index (χ1v) is 14.5. The van der Waals surface area contributed by atoms with E-state index in [2.05, 4.69) is 25.9 Å². The van der Waals surface area contributed by atoms with Gasteiger partial charge in [0.15, 0.2) is 11.9 Å². The molecule has 0 saturated carbocycles. The molecule has 17 heteroatoms. The zero-order valence-electron chi connectivity index (χ0n) is 23.1. The van der Waals surface area contributed by atoms with Gasteiger partial charge in [-0.2, -0.15) is 11.8 Å². The minimum absolute atomic E-state index is 0.0760. The average molecular weight is 590 g/mol. The summed E-state index contributed by atoms with van der Waals surface area (Å²) in [4.78, 5) is 58.4. The van der Waals surface area contributed by atoms with Gasteiger partial charge in [-0.1, -0.05) is 6.42 Å². The number of nitrogens with zero attached hydrogens (tertiary/aromatic N) is 2. The van der Waals surface area contributed by atoms with E-state index in [4.69, 9.17) is 34.4 Å². The summed E-state index contributed by atoms with van der Waals surface area (Å²) in [6.07, 6.45) is 4.73. The normalized spacial score (nSPS) is 13.7. The number of thioether (sulfide) groups is 1. The molecule has 0 fully saturated rings. The van der Waals surface area contributed by atoms with Gasteiger partial charge in [-0.05, 0) is 63.5 Å². The fourth-order valence-electron chi connectivity index (χ4n) is 3.50. The van der Waals surface area contributed by atoms with Crippen LogP contribution in [0.3, 0.4) is 0 Å². The first-order chi connectivity index (χ1) is 18.9. The van der Waals surface area contributed by atoms with E-state index in [1.165, 1.54) is 11.8 Å². The van der Waals surface area contributed by atoms with E-state index in [-0.39, 0.29) is 44.3 Å². The van der Waals surface area contributed by atoms with Crippen LogP contribution in [0.25, 0.3) is 0 Å². The van der Waals surface area contributed by atoms with Gasteiger partial charge in [-0.3, -0.25) is 24.4 Å². The molecule has 0 aromatic heterocycles. The zero-order chi connectivity index (χ0) is 30.5. The predicted octanol–water partition coefficient (Wildman–Crippen LogP) is -3.16. The van der Waals surface area contributed by atoms with E-state index < -0.39 is 47.9 Å². The molecule has 0 aliphatic carbocycles. The summed E-state index contributed by atoms with van der Waals surface area (Å²) in [6, 6.07) is -4.13. The van der Waals surface area contributed by atoms with Gasteiger partial charge >= 0.3 is 5.97 Å². The summed E-state index contributed by atoms with van der Waals surface area (Å²) in [7, 11) is 0. The number of carboxylic acids is 1. The second-order valence-electron chi connectivity index (χ2n) is 9.09. The largest absolute Gasteiger partial charge is 0.480 e. The van der Waals surface area contributed by atoms with E-state index >= 15 is 0 Å². The molecule has 40 heavy (non-hydrogen) atoms. The Labute approximate surface area is 239 Å². The molecule has 16 N–H and O–H groups in total. The average Bonchev–Trinajstić information content (AvgIpc) is 2.89. The van der Waals surface area contributed by atoms with Gasteiger partial charge in [0.2, 0.25) is 17.7 Å². The second kappa shape index (κ2) is 21.5. The molecule has 0 saturated heterocycles. The summed E-state index contributed by atoms with van der Waals surface area (Å²) in [5, 5.41) is 17.3. The first-order valence-electron chi connectivity index (χ1n) is 13.1. The maximum absolute atomic E-state index is 13.3. The van der Waals surface area contributed by atoms with Crippen molar-refractivity contribution in [1.82, 2.24) is 16.0 Å². The van der Waals surface area contributed by atoms with Crippen LogP contribution in [0.2, 0.25) is 0 Å². The topological polar surface area (TPSA) is 305 Å². The van der Waals surface area contributed by atoms with Crippen molar-refractivity contribution in [3.63, 3.8) is 0 Å². The van der Waals surface area contributed by atoms with E-state index in [1.807, 2.05) is 6.26 Å². The Morgan fingerprint density at radius 1 is 0.725 bits per heavy atom. The Morgan fingerprint density at radius 2 is 1.20 bits per heavy atom. The third-order valence-electron chi connectivity index (χ3n) is 5.69. The van der Waals surface area contributed by atoms with Crippen molar-refractivity contribution in [2.75, 3.05) is 31.6 Å². The lowest BCUT2D eigenvalue weighted by Gasteiger charge is -2.25. The molecule has 0 aromatic rings. The lowest BCUT2D eigenvalue weighted by Crippen LogP contribution is -2.57. The van der Waals surface area contributed by atoms with Crippen molar-refractivity contribution < 1.29 is 24.3 Å². The molecule has 230 valence electrons. The molecule has 0 heterocycles. The molecule has 0 rings (SSSR count). The van der Waals surface area contributed by atoms with Crippen molar-refractivity contribution in [1.29, 1.82) is 0 Å². The molecule has 0 spiro atoms. The quantitative estimate of drug-likeness (QED) is 0.0340. The second-order valence-corrected chi connectivity index (χ2v) is 10.1. The molecule has 0 aliphatic heterocycles. The number of amides is 3. The molecular weight excluding hydrogens is 542 g/mol. The number of carbonyl (C=O) groups is 4. The standard InChI is InChI=1S/C23H47N11O5S/c1-40-13-9-16(20(37)34-17(21(38)39)8-5-12-31-23(28)29)33-19(36)15(7-4-11-30-22(26)27)32-18(35)14(25)6-2-3-10-24/h14-17H,2-13,24-25H2,1H3,(H,32,35)(H,33,36)(H,34,37)(H,38,39)(H4,26,27,30)(H4,28,29,31). The van der Waals surface area contributed by atoms with Crippen LogP contribution in [-0.2, 0) is 19.2 Å². The molecule has 4 atom stereocenters. The number of carboxylic acid groups (broad SMARTS) is 1. The number of rotatable bonds is 22. The van der Waals surface area contributed by atoms with Crippen molar-refractivity contribution >= 4 is 47.4 Å². The number of hydrogen-bond donors (Lipinski definition) is 10. The summed E-state index contributed by atoms with van der Waals surface area (Å²) in [5.74, 6) is -2.75. The van der Waals surface area contributed by atoms with Gasteiger partial charge in [-0.15, -0.1) is 0 Å². The van der Waals surface area contributed by atoms with E-state index in [9.17, 15) is 24.3 Å². The Bertz CT molecular complexity index is 851. The number of carbonyl (C=O) groups excluding carboxylic acids is 3. The molecule has 0 aromatic carbocycles. The van der Waals surface area contributed by atoms with Gasteiger partial charge in [-0.25, -0.2) is 4.79 Å². The maximum atomic E-state index is 13.3. The minimum Gasteiger partial charge on any atom is -0.480 e. The highest BCUT2D eigenvalue weighted by Gasteiger charge is 2.30. The smallest absolute Gasteiger partial charge is 0.326 e. The summed E-state index contributed by atoms with van der Waals surface area (Å²) in [6.45, 7) is 0.897. The molecular formula is C23H47N11O5S. The molecule has 16 nitrogen and oxygen atoms in total. The highest BCUT2D eigenvalue weighted by Crippen LogP contribution is 2.07. The summed E-state index contributed by atoms with van der Waals surface area (Å²) in [5.41, 5.74) is 32.7. The number of nitrogens with one attached hydrogen (secondary N) is 3. The summed E-state index contributed by atoms with van der Waals surface area (Å²) < 4.78 is 0. The predicted molar refractivity (Wildman–Crippen MR) is 157 cm³/mol. The van der Waals surface area contributed by atoms with Crippen molar-refractivity contribution in [3.05, 3.63) is 0 Å². The fraction of sp³-hybridized carbons (Fsp3) is 0.739. The molecule has 0 aliphatic rings. The minimum atomic E-state index is -1.23. The number of guanidine groups is 2. The SMILES string of the molecule is CSCCC(NC(=O)C(CCCN=C(N)N)NC(=O)C(N)CCCCN)C(=O)NC(CCCN=C(N)N)C(=O)O. The Hall–Kier alpha value is -3.31. The lowest BCUT2D eigenvalue weighted by atomic mass is 10.1. The van der Waals surface area contributed by atoms with Crippen LogP contribution in [0.4, 0.5) is 0 Å².